The maximum Gasteiger partial charge on any atom is 0.466 e. The topological polar surface area (TPSA) is 107 Å². The summed E-state index contributed by atoms with van der Waals surface area (Å²) in [7, 11) is -4.64. The van der Waals surface area contributed by atoms with Gasteiger partial charge in [0.05, 0.1) is 0 Å². The molecule has 0 spiro atoms. The quantitative estimate of drug-likeness (QED) is 0.287. The van der Waals surface area contributed by atoms with Crippen LogP contribution in [0.15, 0.2) is 24.3 Å². The Morgan fingerprint density at radius 2 is 1.50 bits per heavy atom. The molecular formula is C17H31O6P. The molecule has 1 atom stereocenters. The van der Waals surface area contributed by atoms with Gasteiger partial charge in [-0.1, -0.05) is 63.6 Å². The van der Waals surface area contributed by atoms with E-state index < -0.39 is 14.1 Å². The lowest BCUT2D eigenvalue weighted by Gasteiger charge is -2.13. The molecule has 1 aromatic rings. The molecule has 0 saturated carbocycles. The lowest BCUT2D eigenvalue weighted by Crippen LogP contribution is -2.10. The first-order valence-electron chi connectivity index (χ1n) is 8.45. The van der Waals surface area contributed by atoms with E-state index in [4.69, 9.17) is 24.0 Å². The molecule has 0 saturated heterocycles. The smallest absolute Gasteiger partial charge is 0.465 e. The van der Waals surface area contributed by atoms with Crippen LogP contribution in [0.1, 0.15) is 64.4 Å². The van der Waals surface area contributed by atoms with Gasteiger partial charge in [0.25, 0.3) is 0 Å². The highest BCUT2D eigenvalue weighted by molar-refractivity contribution is 7.45. The second-order valence-corrected chi connectivity index (χ2v) is 6.74. The predicted molar refractivity (Wildman–Crippen MR) is 94.7 cm³/mol. The monoisotopic (exact) mass is 362 g/mol. The summed E-state index contributed by atoms with van der Waals surface area (Å²) in [6.07, 6.45) is 9.53. The number of aliphatic hydroxyl groups excluding tert-OH is 1. The average Bonchev–Trinajstić information content (AvgIpc) is 2.45. The van der Waals surface area contributed by atoms with E-state index in [9.17, 15) is 5.11 Å². The van der Waals surface area contributed by atoms with Crippen molar-refractivity contribution in [2.75, 3.05) is 0 Å². The van der Waals surface area contributed by atoms with Crippen LogP contribution >= 0.6 is 7.82 Å². The van der Waals surface area contributed by atoms with E-state index in [2.05, 4.69) is 13.0 Å². The summed E-state index contributed by atoms with van der Waals surface area (Å²) in [6.45, 7) is 3.89. The molecule has 0 amide bonds. The zero-order chi connectivity index (χ0) is 18.4. The number of hydrogen-bond donors (Lipinski definition) is 4. The number of unbranched alkanes of at least 4 members (excludes halogenated alkanes) is 6. The molecule has 7 heteroatoms. The Balaban J connectivity index is 0.000000922. The normalized spacial score (nSPS) is 12.2. The van der Waals surface area contributed by atoms with Crippen LogP contribution in [0.5, 0.6) is 5.75 Å². The van der Waals surface area contributed by atoms with Gasteiger partial charge in [-0.3, -0.25) is 0 Å². The number of hydrogen-bond acceptors (Lipinski definition) is 3. The highest BCUT2D eigenvalue weighted by Crippen LogP contribution is 2.25. The third kappa shape index (κ3) is 16.0. The van der Waals surface area contributed by atoms with Crippen molar-refractivity contribution >= 4 is 7.82 Å². The number of phosphoric acid groups is 1. The van der Waals surface area contributed by atoms with Gasteiger partial charge in [-0.25, -0.2) is 4.57 Å². The summed E-state index contributed by atoms with van der Waals surface area (Å²) < 4.78 is 14.3. The number of benzene rings is 1. The molecule has 0 heterocycles. The molecule has 0 aliphatic carbocycles. The van der Waals surface area contributed by atoms with Crippen molar-refractivity contribution in [3.8, 4) is 5.75 Å². The Hall–Kier alpha value is -0.910. The zero-order valence-corrected chi connectivity index (χ0v) is 15.5. The molecule has 24 heavy (non-hydrogen) atoms. The molecule has 0 aliphatic rings. The average molecular weight is 362 g/mol. The van der Waals surface area contributed by atoms with E-state index in [-0.39, 0.29) is 0 Å². The van der Waals surface area contributed by atoms with Crippen molar-refractivity contribution in [3.63, 3.8) is 0 Å². The Labute approximate surface area is 144 Å². The zero-order valence-electron chi connectivity index (χ0n) is 14.6. The first-order chi connectivity index (χ1) is 11.2. The van der Waals surface area contributed by atoms with Gasteiger partial charge in [0.2, 0.25) is 0 Å². The third-order valence-corrected chi connectivity index (χ3v) is 3.32. The summed E-state index contributed by atoms with van der Waals surface area (Å²) in [5.41, 5.74) is 1.21. The standard InChI is InChI=1S/C17H28O2.H3O4P/c1-3-4-5-6-7-8-9-12-16-13-10-11-14-17(16)19-15(2)18;1-5(2,3)4/h10-11,13-15,18H,3-9,12H2,1-2H3;(H3,1,2,3,4). The van der Waals surface area contributed by atoms with E-state index in [0.29, 0.717) is 0 Å². The summed E-state index contributed by atoms with van der Waals surface area (Å²) in [5.74, 6) is 0.823. The molecule has 1 unspecified atom stereocenters. The predicted octanol–water partition coefficient (Wildman–Crippen LogP) is 3.77. The SMILES string of the molecule is CCCCCCCCCc1ccccc1OC(C)O.O=P(O)(O)O. The van der Waals surface area contributed by atoms with Crippen LogP contribution in [-0.4, -0.2) is 26.1 Å². The van der Waals surface area contributed by atoms with Crippen molar-refractivity contribution in [2.24, 2.45) is 0 Å². The van der Waals surface area contributed by atoms with Gasteiger partial charge in [-0.15, -0.1) is 0 Å². The Morgan fingerprint density at radius 1 is 1.00 bits per heavy atom. The summed E-state index contributed by atoms with van der Waals surface area (Å²) in [4.78, 5) is 21.6. The number of rotatable bonds is 10. The van der Waals surface area contributed by atoms with Crippen LogP contribution in [0.4, 0.5) is 0 Å². The molecular weight excluding hydrogens is 331 g/mol. The largest absolute Gasteiger partial charge is 0.466 e. The number of ether oxygens (including phenoxy) is 1. The van der Waals surface area contributed by atoms with E-state index in [1.807, 2.05) is 18.2 Å². The minimum Gasteiger partial charge on any atom is -0.465 e. The van der Waals surface area contributed by atoms with Crippen LogP contribution in [0, 0.1) is 0 Å². The molecule has 140 valence electrons. The number of aryl methyl sites for hydroxylation is 1. The van der Waals surface area contributed by atoms with Crippen molar-refractivity contribution < 1.29 is 29.1 Å². The van der Waals surface area contributed by atoms with Crippen LogP contribution in [0.25, 0.3) is 0 Å². The fourth-order valence-electron chi connectivity index (χ4n) is 2.28. The lowest BCUT2D eigenvalue weighted by molar-refractivity contribution is -0.00102. The molecule has 1 aromatic carbocycles. The van der Waals surface area contributed by atoms with E-state index in [0.717, 1.165) is 12.2 Å². The fraction of sp³-hybridized carbons (Fsp3) is 0.647. The van der Waals surface area contributed by atoms with Gasteiger partial charge in [0.1, 0.15) is 5.75 Å². The highest BCUT2D eigenvalue weighted by Gasteiger charge is 2.05. The molecule has 0 fully saturated rings. The van der Waals surface area contributed by atoms with Gasteiger partial charge >= 0.3 is 7.82 Å². The summed E-state index contributed by atoms with van der Waals surface area (Å²) in [5, 5.41) is 9.30. The van der Waals surface area contributed by atoms with Gasteiger partial charge < -0.3 is 24.5 Å². The minimum atomic E-state index is -4.64. The van der Waals surface area contributed by atoms with E-state index in [1.54, 1.807) is 6.92 Å². The molecule has 1 rings (SSSR count). The number of para-hydroxylation sites is 1. The van der Waals surface area contributed by atoms with Gasteiger partial charge in [0, 0.05) is 0 Å². The molecule has 0 aliphatic heterocycles. The second kappa shape index (κ2) is 13.4. The Bertz CT molecular complexity index is 464. The van der Waals surface area contributed by atoms with Crippen molar-refractivity contribution in [3.05, 3.63) is 29.8 Å². The van der Waals surface area contributed by atoms with Crippen molar-refractivity contribution in [1.29, 1.82) is 0 Å². The summed E-state index contributed by atoms with van der Waals surface area (Å²) >= 11 is 0. The van der Waals surface area contributed by atoms with E-state index in [1.165, 1.54) is 50.5 Å². The Morgan fingerprint density at radius 3 is 2.04 bits per heavy atom. The lowest BCUT2D eigenvalue weighted by atomic mass is 10.0. The van der Waals surface area contributed by atoms with E-state index >= 15 is 0 Å². The van der Waals surface area contributed by atoms with Crippen LogP contribution in [-0.2, 0) is 11.0 Å². The Kier molecular flexibility index (Phi) is 12.9. The molecule has 0 aromatic heterocycles. The molecule has 4 N–H and O–H groups in total. The van der Waals surface area contributed by atoms with Crippen molar-refractivity contribution in [2.45, 2.75) is 71.5 Å². The summed E-state index contributed by atoms with van der Waals surface area (Å²) in [6, 6.07) is 8.01. The first kappa shape index (κ1) is 23.1. The maximum absolute atomic E-state index is 9.30. The first-order valence-corrected chi connectivity index (χ1v) is 10.0. The fourth-order valence-corrected chi connectivity index (χ4v) is 2.28. The molecule has 0 bridgehead atoms. The van der Waals surface area contributed by atoms with Gasteiger partial charge in [0.15, 0.2) is 6.29 Å². The maximum atomic E-state index is 9.30. The van der Waals surface area contributed by atoms with Crippen LogP contribution in [0.2, 0.25) is 0 Å². The van der Waals surface area contributed by atoms with Gasteiger partial charge in [-0.2, -0.15) is 0 Å². The minimum absolute atomic E-state index is 0.741. The molecule has 6 nitrogen and oxygen atoms in total. The van der Waals surface area contributed by atoms with Crippen LogP contribution < -0.4 is 4.74 Å². The number of aliphatic hydroxyl groups is 1. The van der Waals surface area contributed by atoms with Crippen molar-refractivity contribution in [1.82, 2.24) is 0 Å². The van der Waals surface area contributed by atoms with Gasteiger partial charge in [-0.05, 0) is 31.4 Å². The second-order valence-electron chi connectivity index (χ2n) is 5.71. The third-order valence-electron chi connectivity index (χ3n) is 3.32. The highest BCUT2D eigenvalue weighted by atomic mass is 31.2. The van der Waals surface area contributed by atoms with Crippen LogP contribution in [0.3, 0.4) is 0 Å². The molecule has 0 radical (unpaired) electrons.